The second-order valence-corrected chi connectivity index (χ2v) is 5.46. The van der Waals surface area contributed by atoms with Gasteiger partial charge in [0.2, 0.25) is 0 Å². The molecule has 2 unspecified atom stereocenters. The third kappa shape index (κ3) is 2.97. The topological polar surface area (TPSA) is 64.2 Å². The van der Waals surface area contributed by atoms with E-state index in [1.165, 1.54) is 0 Å². The van der Waals surface area contributed by atoms with Crippen molar-refractivity contribution in [2.24, 2.45) is 11.7 Å². The van der Waals surface area contributed by atoms with Crippen LogP contribution >= 0.6 is 0 Å². The molecule has 0 aromatic carbocycles. The molecule has 1 aromatic heterocycles. The molecule has 1 fully saturated rings. The van der Waals surface area contributed by atoms with E-state index in [4.69, 9.17) is 5.73 Å². The summed E-state index contributed by atoms with van der Waals surface area (Å²) in [5.74, 6) is 1.24. The van der Waals surface area contributed by atoms with E-state index in [-0.39, 0.29) is 11.6 Å². The highest BCUT2D eigenvalue weighted by atomic mass is 16.1. The number of hydrogen-bond acceptors (Lipinski definition) is 4. The Hall–Kier alpha value is -1.36. The van der Waals surface area contributed by atoms with Gasteiger partial charge in [0.05, 0.1) is 0 Å². The second kappa shape index (κ2) is 6.19. The molecule has 0 radical (unpaired) electrons. The molecule has 0 aliphatic carbocycles. The molecule has 19 heavy (non-hydrogen) atoms. The monoisotopic (exact) mass is 264 g/mol. The number of anilines is 1. The molecule has 0 saturated carbocycles. The van der Waals surface area contributed by atoms with Crippen LogP contribution in [-0.4, -0.2) is 28.7 Å². The van der Waals surface area contributed by atoms with Crippen LogP contribution in [-0.2, 0) is 6.54 Å². The molecule has 1 aliphatic heterocycles. The number of rotatable bonds is 4. The van der Waals surface area contributed by atoms with Crippen LogP contribution in [0, 0.1) is 5.92 Å². The summed E-state index contributed by atoms with van der Waals surface area (Å²) in [7, 11) is 0. The molecule has 5 nitrogen and oxygen atoms in total. The number of piperidine rings is 1. The standard InChI is InChI=1S/C14H24N4O/c1-3-6-17-8-5-16-13(14(17)19)18-7-4-11(2)9-12(18)10-15/h5,8,11-12H,3-4,6-7,9-10,15H2,1-2H3. The zero-order chi connectivity index (χ0) is 13.8. The Morgan fingerprint density at radius 1 is 1.53 bits per heavy atom. The lowest BCUT2D eigenvalue weighted by Crippen LogP contribution is -2.49. The van der Waals surface area contributed by atoms with Gasteiger partial charge in [-0.2, -0.15) is 0 Å². The SMILES string of the molecule is CCCn1ccnc(N2CCC(C)CC2CN)c1=O. The van der Waals surface area contributed by atoms with Crippen molar-refractivity contribution in [1.29, 1.82) is 0 Å². The minimum atomic E-state index is 0.0114. The molecule has 0 bridgehead atoms. The molecule has 0 spiro atoms. The maximum Gasteiger partial charge on any atom is 0.293 e. The fraction of sp³-hybridized carbons (Fsp3) is 0.714. The summed E-state index contributed by atoms with van der Waals surface area (Å²) in [5, 5.41) is 0. The van der Waals surface area contributed by atoms with Gasteiger partial charge >= 0.3 is 0 Å². The van der Waals surface area contributed by atoms with Crippen molar-refractivity contribution < 1.29 is 0 Å². The van der Waals surface area contributed by atoms with E-state index in [2.05, 4.69) is 23.7 Å². The molecule has 1 saturated heterocycles. The Morgan fingerprint density at radius 3 is 3.00 bits per heavy atom. The third-order valence-corrected chi connectivity index (χ3v) is 3.88. The van der Waals surface area contributed by atoms with Crippen molar-refractivity contribution in [2.45, 2.75) is 45.7 Å². The molecule has 2 heterocycles. The lowest BCUT2D eigenvalue weighted by atomic mass is 9.92. The lowest BCUT2D eigenvalue weighted by Gasteiger charge is -2.38. The predicted octanol–water partition coefficient (Wildman–Crippen LogP) is 1.22. The van der Waals surface area contributed by atoms with Gasteiger partial charge in [-0.3, -0.25) is 4.79 Å². The van der Waals surface area contributed by atoms with E-state index in [9.17, 15) is 4.79 Å². The van der Waals surface area contributed by atoms with E-state index >= 15 is 0 Å². The molecular weight excluding hydrogens is 240 g/mol. The summed E-state index contributed by atoms with van der Waals surface area (Å²) in [6.07, 6.45) is 6.57. The number of aromatic nitrogens is 2. The minimum Gasteiger partial charge on any atom is -0.348 e. The molecule has 2 atom stereocenters. The summed E-state index contributed by atoms with van der Waals surface area (Å²) in [4.78, 5) is 18.8. The van der Waals surface area contributed by atoms with Crippen molar-refractivity contribution in [3.8, 4) is 0 Å². The summed E-state index contributed by atoms with van der Waals surface area (Å²) < 4.78 is 1.74. The summed E-state index contributed by atoms with van der Waals surface area (Å²) >= 11 is 0. The average molecular weight is 264 g/mol. The van der Waals surface area contributed by atoms with E-state index in [0.717, 1.165) is 32.4 Å². The van der Waals surface area contributed by atoms with Gasteiger partial charge in [0.15, 0.2) is 5.82 Å². The van der Waals surface area contributed by atoms with Gasteiger partial charge in [-0.05, 0) is 25.2 Å². The summed E-state index contributed by atoms with van der Waals surface area (Å²) in [5.41, 5.74) is 5.87. The first-order chi connectivity index (χ1) is 9.17. The van der Waals surface area contributed by atoms with Crippen molar-refractivity contribution >= 4 is 5.82 Å². The predicted molar refractivity (Wildman–Crippen MR) is 77.4 cm³/mol. The van der Waals surface area contributed by atoms with Gasteiger partial charge in [0, 0.05) is 38.1 Å². The van der Waals surface area contributed by atoms with Crippen LogP contribution < -0.4 is 16.2 Å². The van der Waals surface area contributed by atoms with Gasteiger partial charge in [-0.25, -0.2) is 4.98 Å². The van der Waals surface area contributed by atoms with Crippen LogP contribution in [0.1, 0.15) is 33.1 Å². The Labute approximate surface area is 114 Å². The lowest BCUT2D eigenvalue weighted by molar-refractivity contribution is 0.363. The first-order valence-electron chi connectivity index (χ1n) is 7.19. The first kappa shape index (κ1) is 14.1. The molecule has 106 valence electrons. The Morgan fingerprint density at radius 2 is 2.32 bits per heavy atom. The van der Waals surface area contributed by atoms with E-state index in [1.807, 2.05) is 0 Å². The van der Waals surface area contributed by atoms with Crippen molar-refractivity contribution in [1.82, 2.24) is 9.55 Å². The van der Waals surface area contributed by atoms with Gasteiger partial charge < -0.3 is 15.2 Å². The number of nitrogens with zero attached hydrogens (tertiary/aromatic N) is 3. The first-order valence-corrected chi connectivity index (χ1v) is 7.19. The number of aryl methyl sites for hydroxylation is 1. The van der Waals surface area contributed by atoms with E-state index < -0.39 is 0 Å². The molecule has 5 heteroatoms. The second-order valence-electron chi connectivity index (χ2n) is 5.46. The fourth-order valence-electron chi connectivity index (χ4n) is 2.80. The minimum absolute atomic E-state index is 0.0114. The molecule has 1 aromatic rings. The van der Waals surface area contributed by atoms with Gasteiger partial charge in [-0.15, -0.1) is 0 Å². The maximum atomic E-state index is 12.4. The highest BCUT2D eigenvalue weighted by Crippen LogP contribution is 2.24. The third-order valence-electron chi connectivity index (χ3n) is 3.88. The maximum absolute atomic E-state index is 12.4. The Balaban J connectivity index is 2.30. The Bertz CT molecular complexity index is 471. The Kier molecular flexibility index (Phi) is 4.58. The van der Waals surface area contributed by atoms with Gasteiger partial charge in [-0.1, -0.05) is 13.8 Å². The van der Waals surface area contributed by atoms with Crippen LogP contribution in [0.3, 0.4) is 0 Å². The number of hydrogen-bond donors (Lipinski definition) is 1. The zero-order valence-corrected chi connectivity index (χ0v) is 11.9. The quantitative estimate of drug-likeness (QED) is 0.888. The zero-order valence-electron chi connectivity index (χ0n) is 11.9. The normalized spacial score (nSPS) is 23.6. The molecular formula is C14H24N4O. The smallest absolute Gasteiger partial charge is 0.293 e. The van der Waals surface area contributed by atoms with Crippen molar-refractivity contribution in [3.05, 3.63) is 22.7 Å². The van der Waals surface area contributed by atoms with E-state index in [0.29, 0.717) is 18.3 Å². The molecule has 0 amide bonds. The van der Waals surface area contributed by atoms with Crippen LogP contribution in [0.15, 0.2) is 17.2 Å². The van der Waals surface area contributed by atoms with Gasteiger partial charge in [0.25, 0.3) is 5.56 Å². The van der Waals surface area contributed by atoms with Crippen molar-refractivity contribution in [2.75, 3.05) is 18.0 Å². The number of nitrogens with two attached hydrogens (primary N) is 1. The molecule has 2 rings (SSSR count). The van der Waals surface area contributed by atoms with Gasteiger partial charge in [0.1, 0.15) is 0 Å². The summed E-state index contributed by atoms with van der Waals surface area (Å²) in [6.45, 7) is 6.51. The highest BCUT2D eigenvalue weighted by molar-refractivity contribution is 5.38. The van der Waals surface area contributed by atoms with Crippen LogP contribution in [0.5, 0.6) is 0 Å². The average Bonchev–Trinajstić information content (AvgIpc) is 2.42. The molecule has 1 aliphatic rings. The van der Waals surface area contributed by atoms with Crippen LogP contribution in [0.25, 0.3) is 0 Å². The fourth-order valence-corrected chi connectivity index (χ4v) is 2.80. The van der Waals surface area contributed by atoms with Crippen LogP contribution in [0.4, 0.5) is 5.82 Å². The molecule has 2 N–H and O–H groups in total. The van der Waals surface area contributed by atoms with Crippen LogP contribution in [0.2, 0.25) is 0 Å². The van der Waals surface area contributed by atoms with E-state index in [1.54, 1.807) is 17.0 Å². The highest BCUT2D eigenvalue weighted by Gasteiger charge is 2.28. The largest absolute Gasteiger partial charge is 0.348 e. The van der Waals surface area contributed by atoms with Crippen molar-refractivity contribution in [3.63, 3.8) is 0 Å². The summed E-state index contributed by atoms with van der Waals surface area (Å²) in [6, 6.07) is 0.237.